The molecule has 0 aliphatic heterocycles. The molecule has 0 unspecified atom stereocenters. The van der Waals surface area contributed by atoms with Gasteiger partial charge in [-0.2, -0.15) is 0 Å². The number of nitrogens with two attached hydrogens (primary N) is 1. The van der Waals surface area contributed by atoms with Gasteiger partial charge < -0.3 is 15.7 Å². The normalized spacial score (nSPS) is 18.4. The first-order valence-electron chi connectivity index (χ1n) is 4.72. The largest absolute Gasteiger partial charge is 0.481 e. The van der Waals surface area contributed by atoms with Crippen LogP contribution in [-0.4, -0.2) is 41.0 Å². The minimum atomic E-state index is -0.899. The van der Waals surface area contributed by atoms with Gasteiger partial charge in [0.15, 0.2) is 0 Å². The molecule has 0 bridgehead atoms. The lowest BCUT2D eigenvalue weighted by molar-refractivity contribution is -0.141. The van der Waals surface area contributed by atoms with Gasteiger partial charge >= 0.3 is 5.97 Å². The second-order valence-corrected chi connectivity index (χ2v) is 3.88. The Labute approximate surface area is 82.9 Å². The SMILES string of the molecule is CN(CCC(=O)O)C(=O)C1(N)CCC1. The zero-order chi connectivity index (χ0) is 10.8. The fourth-order valence-corrected chi connectivity index (χ4v) is 1.52. The van der Waals surface area contributed by atoms with E-state index in [1.165, 1.54) is 4.90 Å². The van der Waals surface area contributed by atoms with Crippen LogP contribution in [0.1, 0.15) is 25.7 Å². The van der Waals surface area contributed by atoms with Crippen molar-refractivity contribution in [2.45, 2.75) is 31.2 Å². The molecule has 1 aliphatic carbocycles. The van der Waals surface area contributed by atoms with Crippen LogP contribution in [0.5, 0.6) is 0 Å². The van der Waals surface area contributed by atoms with E-state index >= 15 is 0 Å². The Kier molecular flexibility index (Phi) is 3.10. The van der Waals surface area contributed by atoms with Gasteiger partial charge in [0.25, 0.3) is 0 Å². The van der Waals surface area contributed by atoms with Crippen LogP contribution in [0.25, 0.3) is 0 Å². The number of rotatable bonds is 4. The summed E-state index contributed by atoms with van der Waals surface area (Å²) in [5, 5.41) is 8.45. The van der Waals surface area contributed by atoms with Crippen molar-refractivity contribution in [2.24, 2.45) is 5.73 Å². The van der Waals surface area contributed by atoms with Crippen molar-refractivity contribution in [3.05, 3.63) is 0 Å². The van der Waals surface area contributed by atoms with Crippen LogP contribution in [0.4, 0.5) is 0 Å². The maximum Gasteiger partial charge on any atom is 0.305 e. The highest BCUT2D eigenvalue weighted by Gasteiger charge is 2.41. The van der Waals surface area contributed by atoms with Crippen LogP contribution in [0, 0.1) is 0 Å². The zero-order valence-corrected chi connectivity index (χ0v) is 8.32. The monoisotopic (exact) mass is 200 g/mol. The standard InChI is InChI=1S/C9H16N2O3/c1-11(6-3-7(12)13)8(14)9(10)4-2-5-9/h2-6,10H2,1H3,(H,12,13). The number of likely N-dealkylation sites (N-methyl/N-ethyl adjacent to an activating group) is 1. The highest BCUT2D eigenvalue weighted by Crippen LogP contribution is 2.30. The Morgan fingerprint density at radius 2 is 2.07 bits per heavy atom. The molecule has 3 N–H and O–H groups in total. The molecular weight excluding hydrogens is 184 g/mol. The molecule has 80 valence electrons. The lowest BCUT2D eigenvalue weighted by atomic mass is 9.76. The number of carbonyl (C=O) groups is 2. The molecule has 0 spiro atoms. The molecule has 0 aromatic rings. The summed E-state index contributed by atoms with van der Waals surface area (Å²) in [4.78, 5) is 23.4. The highest BCUT2D eigenvalue weighted by atomic mass is 16.4. The maximum absolute atomic E-state index is 11.7. The molecular formula is C9H16N2O3. The molecule has 1 saturated carbocycles. The minimum Gasteiger partial charge on any atom is -0.481 e. The number of nitrogens with zero attached hydrogens (tertiary/aromatic N) is 1. The molecule has 14 heavy (non-hydrogen) atoms. The van der Waals surface area contributed by atoms with E-state index in [0.717, 1.165) is 6.42 Å². The third-order valence-corrected chi connectivity index (χ3v) is 2.68. The summed E-state index contributed by atoms with van der Waals surface area (Å²) in [5.74, 6) is -1.03. The van der Waals surface area contributed by atoms with E-state index in [4.69, 9.17) is 10.8 Å². The lowest BCUT2D eigenvalue weighted by Gasteiger charge is -2.39. The van der Waals surface area contributed by atoms with Crippen LogP contribution < -0.4 is 5.73 Å². The van der Waals surface area contributed by atoms with E-state index in [9.17, 15) is 9.59 Å². The van der Waals surface area contributed by atoms with Gasteiger partial charge in [-0.3, -0.25) is 9.59 Å². The Morgan fingerprint density at radius 3 is 2.43 bits per heavy atom. The molecule has 0 heterocycles. The number of carboxylic acids is 1. The van der Waals surface area contributed by atoms with Crippen molar-refractivity contribution in [3.63, 3.8) is 0 Å². The number of aliphatic carboxylic acids is 1. The van der Waals surface area contributed by atoms with E-state index in [1.54, 1.807) is 7.05 Å². The van der Waals surface area contributed by atoms with Crippen LogP contribution in [0.3, 0.4) is 0 Å². The Morgan fingerprint density at radius 1 is 1.50 bits per heavy atom. The molecule has 5 nitrogen and oxygen atoms in total. The second-order valence-electron chi connectivity index (χ2n) is 3.88. The van der Waals surface area contributed by atoms with E-state index < -0.39 is 11.5 Å². The number of hydrogen-bond donors (Lipinski definition) is 2. The first-order valence-corrected chi connectivity index (χ1v) is 4.72. The summed E-state index contributed by atoms with van der Waals surface area (Å²) < 4.78 is 0. The van der Waals surface area contributed by atoms with Gasteiger partial charge in [-0.15, -0.1) is 0 Å². The number of carbonyl (C=O) groups excluding carboxylic acids is 1. The fourth-order valence-electron chi connectivity index (χ4n) is 1.52. The molecule has 0 atom stereocenters. The van der Waals surface area contributed by atoms with Crippen LogP contribution in [-0.2, 0) is 9.59 Å². The Balaban J connectivity index is 2.40. The fraction of sp³-hybridized carbons (Fsp3) is 0.778. The Hall–Kier alpha value is -1.10. The molecule has 0 aromatic heterocycles. The van der Waals surface area contributed by atoms with Crippen molar-refractivity contribution in [3.8, 4) is 0 Å². The van der Waals surface area contributed by atoms with Gasteiger partial charge in [0.2, 0.25) is 5.91 Å². The van der Waals surface area contributed by atoms with Gasteiger partial charge in [0.05, 0.1) is 12.0 Å². The van der Waals surface area contributed by atoms with Crippen LogP contribution in [0.2, 0.25) is 0 Å². The number of amides is 1. The average molecular weight is 200 g/mol. The van der Waals surface area contributed by atoms with Crippen LogP contribution in [0.15, 0.2) is 0 Å². The van der Waals surface area contributed by atoms with Crippen molar-refractivity contribution < 1.29 is 14.7 Å². The molecule has 0 saturated heterocycles. The van der Waals surface area contributed by atoms with Gasteiger partial charge in [0.1, 0.15) is 0 Å². The van der Waals surface area contributed by atoms with Gasteiger partial charge in [-0.25, -0.2) is 0 Å². The third kappa shape index (κ3) is 2.23. The summed E-state index contributed by atoms with van der Waals surface area (Å²) in [6.07, 6.45) is 2.37. The quantitative estimate of drug-likeness (QED) is 0.658. The minimum absolute atomic E-state index is 0.0294. The topological polar surface area (TPSA) is 83.6 Å². The van der Waals surface area contributed by atoms with E-state index in [2.05, 4.69) is 0 Å². The van der Waals surface area contributed by atoms with E-state index in [1.807, 2.05) is 0 Å². The summed E-state index contributed by atoms with van der Waals surface area (Å²) >= 11 is 0. The predicted molar refractivity (Wildman–Crippen MR) is 50.7 cm³/mol. The summed E-state index contributed by atoms with van der Waals surface area (Å²) in [6, 6.07) is 0. The molecule has 1 aliphatic rings. The van der Waals surface area contributed by atoms with Crippen LogP contribution >= 0.6 is 0 Å². The zero-order valence-electron chi connectivity index (χ0n) is 8.32. The molecule has 1 rings (SSSR count). The predicted octanol–water partition coefficient (Wildman–Crippen LogP) is -0.199. The maximum atomic E-state index is 11.7. The third-order valence-electron chi connectivity index (χ3n) is 2.68. The molecule has 5 heteroatoms. The van der Waals surface area contributed by atoms with Crippen molar-refractivity contribution in [1.82, 2.24) is 4.90 Å². The molecule has 0 radical (unpaired) electrons. The molecule has 1 amide bonds. The summed E-state index contributed by atoms with van der Waals surface area (Å²) in [5.41, 5.74) is 5.10. The van der Waals surface area contributed by atoms with Crippen molar-refractivity contribution in [1.29, 1.82) is 0 Å². The first-order chi connectivity index (χ1) is 6.46. The van der Waals surface area contributed by atoms with Gasteiger partial charge in [-0.05, 0) is 19.3 Å². The molecule has 0 aromatic carbocycles. The van der Waals surface area contributed by atoms with Gasteiger partial charge in [-0.1, -0.05) is 0 Å². The average Bonchev–Trinajstić information content (AvgIpc) is 2.09. The summed E-state index contributed by atoms with van der Waals surface area (Å²) in [6.45, 7) is 0.229. The first kappa shape index (κ1) is 11.0. The Bertz CT molecular complexity index is 248. The van der Waals surface area contributed by atoms with Gasteiger partial charge in [0, 0.05) is 13.6 Å². The number of hydrogen-bond acceptors (Lipinski definition) is 3. The highest BCUT2D eigenvalue weighted by molar-refractivity contribution is 5.87. The van der Waals surface area contributed by atoms with Crippen molar-refractivity contribution in [2.75, 3.05) is 13.6 Å². The van der Waals surface area contributed by atoms with E-state index in [0.29, 0.717) is 12.8 Å². The number of carboxylic acid groups (broad SMARTS) is 1. The smallest absolute Gasteiger partial charge is 0.305 e. The van der Waals surface area contributed by atoms with Crippen molar-refractivity contribution >= 4 is 11.9 Å². The molecule has 1 fully saturated rings. The summed E-state index contributed by atoms with van der Waals surface area (Å²) in [7, 11) is 1.60. The lowest BCUT2D eigenvalue weighted by Crippen LogP contribution is -2.58. The van der Waals surface area contributed by atoms with E-state index in [-0.39, 0.29) is 18.9 Å². The second kappa shape index (κ2) is 3.96.